The third-order valence-electron chi connectivity index (χ3n) is 4.08. The topological polar surface area (TPSA) is 50.2 Å². The van der Waals surface area contributed by atoms with Gasteiger partial charge in [-0.3, -0.25) is 9.48 Å². The van der Waals surface area contributed by atoms with E-state index in [0.717, 1.165) is 23.1 Å². The maximum Gasteiger partial charge on any atom is 0.227 e. The van der Waals surface area contributed by atoms with E-state index in [-0.39, 0.29) is 30.2 Å². The van der Waals surface area contributed by atoms with Crippen LogP contribution >= 0.6 is 39.7 Å². The van der Waals surface area contributed by atoms with E-state index in [4.69, 9.17) is 0 Å². The van der Waals surface area contributed by atoms with Crippen LogP contribution in [0.4, 0.5) is 0 Å². The second kappa shape index (κ2) is 7.79. The van der Waals surface area contributed by atoms with Gasteiger partial charge in [-0.2, -0.15) is 5.10 Å². The Morgan fingerprint density at radius 3 is 2.96 bits per heavy atom. The molecule has 1 fully saturated rings. The summed E-state index contributed by atoms with van der Waals surface area (Å²) in [7, 11) is 3.79. The molecule has 23 heavy (non-hydrogen) atoms. The largest absolute Gasteiger partial charge is 0.340 e. The molecule has 0 radical (unpaired) electrons. The Kier molecular flexibility index (Phi) is 6.25. The molecule has 1 aliphatic heterocycles. The minimum atomic E-state index is -0.0161. The summed E-state index contributed by atoms with van der Waals surface area (Å²) in [6, 6.07) is 2.07. The van der Waals surface area contributed by atoms with Gasteiger partial charge in [0.15, 0.2) is 0 Å². The van der Waals surface area contributed by atoms with Crippen LogP contribution in [0.3, 0.4) is 0 Å². The molecule has 5 nitrogen and oxygen atoms in total. The molecule has 1 N–H and O–H groups in total. The van der Waals surface area contributed by atoms with Gasteiger partial charge in [0, 0.05) is 54.0 Å². The smallest absolute Gasteiger partial charge is 0.227 e. The van der Waals surface area contributed by atoms with Crippen molar-refractivity contribution in [1.82, 2.24) is 20.0 Å². The van der Waals surface area contributed by atoms with Crippen molar-refractivity contribution in [2.24, 2.45) is 13.0 Å². The van der Waals surface area contributed by atoms with E-state index in [2.05, 4.69) is 32.4 Å². The quantitative estimate of drug-likeness (QED) is 0.829. The maximum atomic E-state index is 12.8. The molecule has 8 heteroatoms. The lowest BCUT2D eigenvalue weighted by Gasteiger charge is -2.23. The lowest BCUT2D eigenvalue weighted by molar-refractivity contribution is -0.134. The monoisotopic (exact) mass is 418 g/mol. The summed E-state index contributed by atoms with van der Waals surface area (Å²) in [4.78, 5) is 15.8. The second-order valence-corrected chi connectivity index (χ2v) is 7.66. The van der Waals surface area contributed by atoms with Crippen LogP contribution in [0.5, 0.6) is 0 Å². The standard InChI is InChI=1S/C15H19BrN4OS.ClH/c1-19(8-12-3-11(16)9-22-12)15(21)14-6-17-5-13(14)10-4-18-20(2)7-10;/h3-4,7,9,13-14,17H,5-6,8H2,1-2H3;1H/t13-,14+;/m1./s1. The third kappa shape index (κ3) is 4.15. The number of carbonyl (C=O) groups excluding carboxylic acids is 1. The van der Waals surface area contributed by atoms with Crippen LogP contribution in [0.25, 0.3) is 0 Å². The van der Waals surface area contributed by atoms with Crippen LogP contribution < -0.4 is 5.32 Å². The van der Waals surface area contributed by atoms with Gasteiger partial charge in [-0.1, -0.05) is 0 Å². The molecule has 0 bridgehead atoms. The third-order valence-corrected chi connectivity index (χ3v) is 5.76. The molecule has 0 aliphatic carbocycles. The molecule has 1 aliphatic rings. The Morgan fingerprint density at radius 1 is 1.57 bits per heavy atom. The van der Waals surface area contributed by atoms with E-state index in [0.29, 0.717) is 6.54 Å². The van der Waals surface area contributed by atoms with Gasteiger partial charge in [0.2, 0.25) is 5.91 Å². The zero-order valence-corrected chi connectivity index (χ0v) is 16.2. The van der Waals surface area contributed by atoms with Crippen molar-refractivity contribution in [2.75, 3.05) is 20.1 Å². The van der Waals surface area contributed by atoms with Gasteiger partial charge >= 0.3 is 0 Å². The van der Waals surface area contributed by atoms with Crippen molar-refractivity contribution >= 4 is 45.6 Å². The average molecular weight is 420 g/mol. The van der Waals surface area contributed by atoms with Crippen molar-refractivity contribution < 1.29 is 4.79 Å². The Labute approximate surface area is 154 Å². The van der Waals surface area contributed by atoms with Crippen LogP contribution in [-0.2, 0) is 18.4 Å². The number of thiophene rings is 1. The Balaban J connectivity index is 0.00000192. The number of hydrogen-bond donors (Lipinski definition) is 1. The average Bonchev–Trinajstić information content (AvgIpc) is 3.18. The summed E-state index contributed by atoms with van der Waals surface area (Å²) in [5.74, 6) is 0.389. The predicted molar refractivity (Wildman–Crippen MR) is 98.0 cm³/mol. The molecule has 3 rings (SSSR count). The van der Waals surface area contributed by atoms with Crippen molar-refractivity contribution in [3.63, 3.8) is 0 Å². The minimum absolute atomic E-state index is 0. The second-order valence-electron chi connectivity index (χ2n) is 5.74. The first kappa shape index (κ1) is 18.4. The van der Waals surface area contributed by atoms with Gasteiger partial charge < -0.3 is 10.2 Å². The molecule has 0 saturated carbocycles. The molecular weight excluding hydrogens is 400 g/mol. The van der Waals surface area contributed by atoms with E-state index in [1.54, 1.807) is 16.0 Å². The van der Waals surface area contributed by atoms with Gasteiger partial charge in [0.25, 0.3) is 0 Å². The van der Waals surface area contributed by atoms with E-state index < -0.39 is 0 Å². The molecule has 0 spiro atoms. The number of halogens is 2. The molecule has 2 aromatic heterocycles. The van der Waals surface area contributed by atoms with E-state index in [1.165, 1.54) is 4.88 Å². The van der Waals surface area contributed by atoms with Crippen LogP contribution in [0.1, 0.15) is 16.4 Å². The molecular formula is C15H20BrClN4OS. The van der Waals surface area contributed by atoms with Gasteiger partial charge in [-0.25, -0.2) is 0 Å². The molecule has 126 valence electrons. The first-order valence-electron chi connectivity index (χ1n) is 7.21. The van der Waals surface area contributed by atoms with Crippen LogP contribution in [0, 0.1) is 5.92 Å². The fourth-order valence-electron chi connectivity index (χ4n) is 2.95. The molecule has 1 amide bonds. The molecule has 2 aromatic rings. The highest BCUT2D eigenvalue weighted by atomic mass is 79.9. The van der Waals surface area contributed by atoms with Crippen LogP contribution in [-0.4, -0.2) is 40.7 Å². The lowest BCUT2D eigenvalue weighted by atomic mass is 9.90. The number of aryl methyl sites for hydroxylation is 1. The summed E-state index contributed by atoms with van der Waals surface area (Å²) in [6.45, 7) is 2.22. The molecule has 1 saturated heterocycles. The zero-order valence-electron chi connectivity index (χ0n) is 13.0. The van der Waals surface area contributed by atoms with Gasteiger partial charge in [0.1, 0.15) is 0 Å². The Morgan fingerprint density at radius 2 is 2.35 bits per heavy atom. The number of aromatic nitrogens is 2. The first-order valence-corrected chi connectivity index (χ1v) is 8.89. The zero-order chi connectivity index (χ0) is 15.7. The summed E-state index contributed by atoms with van der Waals surface area (Å²) in [6.07, 6.45) is 3.88. The van der Waals surface area contributed by atoms with Crippen molar-refractivity contribution in [2.45, 2.75) is 12.5 Å². The van der Waals surface area contributed by atoms with Crippen molar-refractivity contribution in [3.05, 3.63) is 38.8 Å². The molecule has 0 aromatic carbocycles. The predicted octanol–water partition coefficient (Wildman–Crippen LogP) is 2.63. The van der Waals surface area contributed by atoms with E-state index >= 15 is 0 Å². The SMILES string of the molecule is CN(Cc1cc(Br)cs1)C(=O)[C@H]1CNC[C@@H]1c1cnn(C)c1.Cl. The Bertz CT molecular complexity index is 674. The fraction of sp³-hybridized carbons (Fsp3) is 0.467. The number of carbonyl (C=O) groups is 1. The maximum absolute atomic E-state index is 12.8. The highest BCUT2D eigenvalue weighted by molar-refractivity contribution is 9.10. The summed E-state index contributed by atoms with van der Waals surface area (Å²) in [5.41, 5.74) is 1.14. The first-order chi connectivity index (χ1) is 10.5. The van der Waals surface area contributed by atoms with Gasteiger partial charge in [0.05, 0.1) is 18.7 Å². The number of nitrogens with one attached hydrogen (secondary N) is 1. The van der Waals surface area contributed by atoms with Gasteiger partial charge in [-0.15, -0.1) is 23.7 Å². The highest BCUT2D eigenvalue weighted by Gasteiger charge is 2.36. The fourth-order valence-corrected chi connectivity index (χ4v) is 4.45. The van der Waals surface area contributed by atoms with Crippen molar-refractivity contribution in [3.8, 4) is 0 Å². The minimum Gasteiger partial charge on any atom is -0.340 e. The van der Waals surface area contributed by atoms with Crippen molar-refractivity contribution in [1.29, 1.82) is 0 Å². The van der Waals surface area contributed by atoms with Gasteiger partial charge in [-0.05, 0) is 27.6 Å². The lowest BCUT2D eigenvalue weighted by Crippen LogP contribution is -2.35. The number of hydrogen-bond acceptors (Lipinski definition) is 4. The Hall–Kier alpha value is -0.890. The van der Waals surface area contributed by atoms with Crippen LogP contribution in [0.2, 0.25) is 0 Å². The number of amides is 1. The summed E-state index contributed by atoms with van der Waals surface area (Å²) < 4.78 is 2.87. The normalized spacial score (nSPS) is 20.3. The number of rotatable bonds is 4. The van der Waals surface area contributed by atoms with E-state index in [9.17, 15) is 4.79 Å². The summed E-state index contributed by atoms with van der Waals surface area (Å²) in [5, 5.41) is 9.62. The van der Waals surface area contributed by atoms with Crippen LogP contribution in [0.15, 0.2) is 28.3 Å². The highest BCUT2D eigenvalue weighted by Crippen LogP contribution is 2.30. The number of nitrogens with zero attached hydrogens (tertiary/aromatic N) is 3. The van der Waals surface area contributed by atoms with E-state index in [1.807, 2.05) is 36.8 Å². The molecule has 0 unspecified atom stereocenters. The molecule has 2 atom stereocenters. The molecule has 3 heterocycles. The summed E-state index contributed by atoms with van der Waals surface area (Å²) >= 11 is 5.12.